The van der Waals surface area contributed by atoms with Crippen molar-refractivity contribution in [2.75, 3.05) is 44.8 Å². The summed E-state index contributed by atoms with van der Waals surface area (Å²) in [4.78, 5) is 7.72. The molecule has 184 valence electrons. The molecule has 0 aliphatic heterocycles. The van der Waals surface area contributed by atoms with Crippen LogP contribution in [0.4, 0.5) is 5.69 Å². The Morgan fingerprint density at radius 1 is 1.00 bits per heavy atom. The number of nitrogens with zero attached hydrogens (tertiary/aromatic N) is 2. The first-order chi connectivity index (χ1) is 15.8. The van der Waals surface area contributed by atoms with Crippen molar-refractivity contribution in [2.45, 2.75) is 60.5 Å². The van der Waals surface area contributed by atoms with Gasteiger partial charge in [0.1, 0.15) is 4.99 Å². The highest BCUT2D eigenvalue weighted by Gasteiger charge is 2.21. The van der Waals surface area contributed by atoms with Crippen LogP contribution >= 0.6 is 23.6 Å². The summed E-state index contributed by atoms with van der Waals surface area (Å²) in [5.74, 6) is 1.58. The van der Waals surface area contributed by atoms with Gasteiger partial charge in [-0.25, -0.2) is 0 Å². The highest BCUT2D eigenvalue weighted by atomic mass is 32.1. The molecule has 0 spiro atoms. The summed E-state index contributed by atoms with van der Waals surface area (Å²) >= 11 is 7.39. The minimum atomic E-state index is 0.514. The van der Waals surface area contributed by atoms with Gasteiger partial charge in [0, 0.05) is 48.7 Å². The van der Waals surface area contributed by atoms with Crippen molar-refractivity contribution in [3.8, 4) is 21.9 Å². The predicted molar refractivity (Wildman–Crippen MR) is 148 cm³/mol. The number of thiophene rings is 1. The van der Waals surface area contributed by atoms with E-state index in [1.54, 1.807) is 18.4 Å². The topological polar surface area (TPSA) is 37.0 Å². The average Bonchev–Trinajstić information content (AvgIpc) is 3.27. The van der Waals surface area contributed by atoms with Crippen LogP contribution in [0.1, 0.15) is 53.3 Å². The maximum Gasteiger partial charge on any atom is 0.184 e. The molecule has 1 aromatic heterocycles. The molecule has 0 aliphatic carbocycles. The van der Waals surface area contributed by atoms with Gasteiger partial charge < -0.3 is 19.7 Å². The number of anilines is 1. The maximum absolute atomic E-state index is 6.10. The Balaban J connectivity index is 2.25. The molecule has 1 heterocycles. The number of ether oxygens (including phenoxy) is 2. The molecule has 0 aliphatic rings. The highest BCUT2D eigenvalue weighted by Crippen LogP contribution is 2.46. The van der Waals surface area contributed by atoms with E-state index in [1.807, 2.05) is 6.92 Å². The molecule has 2 rings (SSSR count). The summed E-state index contributed by atoms with van der Waals surface area (Å²) in [6.45, 7) is 19.4. The molecule has 0 amide bonds. The van der Waals surface area contributed by atoms with Gasteiger partial charge in [-0.1, -0.05) is 12.2 Å². The van der Waals surface area contributed by atoms with Gasteiger partial charge in [-0.3, -0.25) is 4.90 Å². The molecule has 7 heteroatoms. The first kappa shape index (κ1) is 27.4. The fraction of sp³-hybridized carbons (Fsp3) is 0.577. The average molecular weight is 492 g/mol. The second-order valence-corrected chi connectivity index (χ2v) is 9.94. The number of nitrogens with one attached hydrogen (secondary N) is 1. The van der Waals surface area contributed by atoms with Crippen molar-refractivity contribution < 1.29 is 9.47 Å². The number of benzene rings is 1. The third kappa shape index (κ3) is 6.84. The molecule has 2 aromatic rings. The van der Waals surface area contributed by atoms with E-state index >= 15 is 0 Å². The molecule has 1 aromatic carbocycles. The first-order valence-electron chi connectivity index (χ1n) is 12.0. The fourth-order valence-electron chi connectivity index (χ4n) is 4.15. The van der Waals surface area contributed by atoms with E-state index in [1.165, 1.54) is 0 Å². The van der Waals surface area contributed by atoms with Gasteiger partial charge in [-0.05, 0) is 72.7 Å². The molecule has 0 saturated heterocycles. The molecule has 0 atom stereocenters. The maximum atomic E-state index is 6.10. The molecule has 1 N–H and O–H groups in total. The van der Waals surface area contributed by atoms with Crippen LogP contribution in [0.25, 0.3) is 10.4 Å². The number of thiocarbonyl (C=S) groups is 1. The van der Waals surface area contributed by atoms with Crippen molar-refractivity contribution in [3.05, 3.63) is 29.1 Å². The molecule has 33 heavy (non-hydrogen) atoms. The quantitative estimate of drug-likeness (QED) is 0.344. The minimum absolute atomic E-state index is 0.514. The zero-order valence-corrected chi connectivity index (χ0v) is 23.2. The number of hydrogen-bond donors (Lipinski definition) is 1. The fourth-order valence-corrected chi connectivity index (χ4v) is 5.39. The normalized spacial score (nSPS) is 11.4. The molecular weight excluding hydrogens is 450 g/mol. The summed E-state index contributed by atoms with van der Waals surface area (Å²) in [6.07, 6.45) is 0. The van der Waals surface area contributed by atoms with Gasteiger partial charge in [-0.15, -0.1) is 11.3 Å². The Hall–Kier alpha value is -1.83. The minimum Gasteiger partial charge on any atom is -0.491 e. The lowest BCUT2D eigenvalue weighted by Gasteiger charge is -2.30. The predicted octanol–water partition coefficient (Wildman–Crippen LogP) is 6.05. The smallest absolute Gasteiger partial charge is 0.184 e. The number of hydrogen-bond acceptors (Lipinski definition) is 6. The molecule has 0 bridgehead atoms. The van der Waals surface area contributed by atoms with Crippen molar-refractivity contribution in [3.63, 3.8) is 0 Å². The van der Waals surface area contributed by atoms with Crippen LogP contribution < -0.4 is 19.7 Å². The van der Waals surface area contributed by atoms with Gasteiger partial charge in [0.25, 0.3) is 0 Å². The first-order valence-corrected chi connectivity index (χ1v) is 13.2. The van der Waals surface area contributed by atoms with Crippen LogP contribution in [-0.2, 0) is 0 Å². The second-order valence-electron chi connectivity index (χ2n) is 8.45. The molecule has 0 fully saturated rings. The Kier molecular flexibility index (Phi) is 10.9. The lowest BCUT2D eigenvalue weighted by Crippen LogP contribution is -2.42. The van der Waals surface area contributed by atoms with E-state index in [2.05, 4.69) is 80.9 Å². The van der Waals surface area contributed by atoms with Gasteiger partial charge >= 0.3 is 0 Å². The van der Waals surface area contributed by atoms with Crippen LogP contribution in [-0.4, -0.2) is 61.9 Å². The Bertz CT molecular complexity index is 884. The lowest BCUT2D eigenvalue weighted by atomic mass is 10.1. The summed E-state index contributed by atoms with van der Waals surface area (Å²) in [5.41, 5.74) is 2.10. The van der Waals surface area contributed by atoms with E-state index in [4.69, 9.17) is 21.7 Å². The summed E-state index contributed by atoms with van der Waals surface area (Å²) in [7, 11) is 1.71. The Morgan fingerprint density at radius 3 is 2.21 bits per heavy atom. The van der Waals surface area contributed by atoms with Gasteiger partial charge in [0.05, 0.1) is 24.3 Å². The molecule has 0 unspecified atom stereocenters. The van der Waals surface area contributed by atoms with Crippen LogP contribution in [0.3, 0.4) is 0 Å². The SMILES string of the molecule is CCOc1c(-c2ccc(C(=S)NCCN(C(C)C)C(C)C)s2)ccc(N(CC)CC)c1OC. The van der Waals surface area contributed by atoms with E-state index < -0.39 is 0 Å². The van der Waals surface area contributed by atoms with Gasteiger partial charge in [-0.2, -0.15) is 0 Å². The second kappa shape index (κ2) is 13.2. The lowest BCUT2D eigenvalue weighted by molar-refractivity contribution is 0.178. The van der Waals surface area contributed by atoms with E-state index in [9.17, 15) is 0 Å². The van der Waals surface area contributed by atoms with Crippen LogP contribution in [0, 0.1) is 0 Å². The van der Waals surface area contributed by atoms with Crippen molar-refractivity contribution in [1.82, 2.24) is 10.2 Å². The zero-order chi connectivity index (χ0) is 24.5. The third-order valence-electron chi connectivity index (χ3n) is 5.77. The summed E-state index contributed by atoms with van der Waals surface area (Å²) in [6, 6.07) is 9.51. The van der Waals surface area contributed by atoms with E-state index in [0.29, 0.717) is 18.7 Å². The van der Waals surface area contributed by atoms with Crippen molar-refractivity contribution >= 4 is 34.2 Å². The Morgan fingerprint density at radius 2 is 1.67 bits per heavy atom. The molecule has 5 nitrogen and oxygen atoms in total. The number of methoxy groups -OCH3 is 1. The third-order valence-corrected chi connectivity index (χ3v) is 7.40. The van der Waals surface area contributed by atoms with Crippen molar-refractivity contribution in [1.29, 1.82) is 0 Å². The van der Waals surface area contributed by atoms with E-state index in [-0.39, 0.29) is 0 Å². The van der Waals surface area contributed by atoms with Crippen molar-refractivity contribution in [2.24, 2.45) is 0 Å². The van der Waals surface area contributed by atoms with Crippen LogP contribution in [0.2, 0.25) is 0 Å². The molecule has 0 saturated carbocycles. The van der Waals surface area contributed by atoms with E-state index in [0.717, 1.165) is 63.7 Å². The highest BCUT2D eigenvalue weighted by molar-refractivity contribution is 7.81. The number of rotatable bonds is 13. The summed E-state index contributed by atoms with van der Waals surface area (Å²) < 4.78 is 11.9. The Labute approximate surface area is 210 Å². The van der Waals surface area contributed by atoms with Crippen LogP contribution in [0.15, 0.2) is 24.3 Å². The monoisotopic (exact) mass is 491 g/mol. The van der Waals surface area contributed by atoms with Crippen LogP contribution in [0.5, 0.6) is 11.5 Å². The van der Waals surface area contributed by atoms with Gasteiger partial charge in [0.15, 0.2) is 11.5 Å². The largest absolute Gasteiger partial charge is 0.491 e. The molecular formula is C26H41N3O2S2. The zero-order valence-electron chi connectivity index (χ0n) is 21.5. The standard InChI is InChI=1S/C26H41N3O2S2/c1-9-28(10-2)21-13-12-20(24(31-11-3)25(21)30-8)22-14-15-23(33-22)26(32)27-16-17-29(18(4)5)19(6)7/h12-15,18-19H,9-11,16-17H2,1-8H3,(H,27,32). The van der Waals surface area contributed by atoms with Gasteiger partial charge in [0.2, 0.25) is 0 Å². The molecule has 0 radical (unpaired) electrons. The summed E-state index contributed by atoms with van der Waals surface area (Å²) in [5, 5.41) is 3.44.